The summed E-state index contributed by atoms with van der Waals surface area (Å²) in [7, 11) is 0. The van der Waals surface area contributed by atoms with Crippen LogP contribution >= 0.6 is 0 Å². The topological polar surface area (TPSA) is 82.8 Å². The van der Waals surface area contributed by atoms with Crippen molar-refractivity contribution in [3.8, 4) is 0 Å². The van der Waals surface area contributed by atoms with E-state index < -0.39 is 5.97 Å². The van der Waals surface area contributed by atoms with Crippen molar-refractivity contribution < 1.29 is 19.1 Å². The van der Waals surface area contributed by atoms with E-state index in [1.807, 2.05) is 0 Å². The van der Waals surface area contributed by atoms with Crippen LogP contribution < -0.4 is 5.32 Å². The number of carboxylic acid groups (broad SMARTS) is 1. The summed E-state index contributed by atoms with van der Waals surface area (Å²) in [4.78, 5) is 24.5. The monoisotopic (exact) mass is 268 g/mol. The number of carboxylic acids is 1. The van der Waals surface area contributed by atoms with Crippen molar-refractivity contribution >= 4 is 11.9 Å². The number of nitrogens with one attached hydrogen (secondary N) is 1. The largest absolute Gasteiger partial charge is 0.475 e. The van der Waals surface area contributed by atoms with Crippen LogP contribution in [0.1, 0.15) is 41.4 Å². The normalized spacial score (nSPS) is 10.7. The maximum absolute atomic E-state index is 11.7. The Bertz CT molecular complexity index is 424. The minimum Gasteiger partial charge on any atom is -0.475 e. The van der Waals surface area contributed by atoms with Crippen molar-refractivity contribution in [2.75, 3.05) is 26.2 Å². The molecule has 0 aliphatic heterocycles. The molecule has 2 N–H and O–H groups in total. The Morgan fingerprint density at radius 3 is 2.42 bits per heavy atom. The number of carbonyl (C=O) groups is 2. The molecule has 1 heterocycles. The molecule has 19 heavy (non-hydrogen) atoms. The van der Waals surface area contributed by atoms with E-state index >= 15 is 0 Å². The van der Waals surface area contributed by atoms with Crippen molar-refractivity contribution in [2.45, 2.75) is 20.3 Å². The minimum atomic E-state index is -1.18. The van der Waals surface area contributed by atoms with Gasteiger partial charge < -0.3 is 19.7 Å². The van der Waals surface area contributed by atoms with Crippen LogP contribution in [-0.2, 0) is 0 Å². The SMILES string of the molecule is CCN(CC)CCCNC(=O)c1ccc(C(=O)O)o1. The highest BCUT2D eigenvalue weighted by Gasteiger charge is 2.14. The first-order valence-electron chi connectivity index (χ1n) is 6.42. The van der Waals surface area contributed by atoms with E-state index in [9.17, 15) is 9.59 Å². The molecule has 0 aliphatic rings. The third kappa shape index (κ3) is 4.75. The summed E-state index contributed by atoms with van der Waals surface area (Å²) in [6, 6.07) is 2.64. The molecule has 6 nitrogen and oxygen atoms in total. The molecule has 106 valence electrons. The lowest BCUT2D eigenvalue weighted by molar-refractivity contribution is 0.0659. The van der Waals surface area contributed by atoms with Gasteiger partial charge in [-0.3, -0.25) is 4.79 Å². The quantitative estimate of drug-likeness (QED) is 0.697. The van der Waals surface area contributed by atoms with E-state index in [1.165, 1.54) is 12.1 Å². The Balaban J connectivity index is 2.33. The average molecular weight is 268 g/mol. The Morgan fingerprint density at radius 2 is 1.89 bits per heavy atom. The van der Waals surface area contributed by atoms with Gasteiger partial charge in [0, 0.05) is 6.54 Å². The molecule has 1 aromatic heterocycles. The highest BCUT2D eigenvalue weighted by molar-refractivity contribution is 5.93. The van der Waals surface area contributed by atoms with Crippen molar-refractivity contribution in [3.63, 3.8) is 0 Å². The van der Waals surface area contributed by atoms with E-state index in [0.29, 0.717) is 6.54 Å². The molecule has 0 saturated heterocycles. The summed E-state index contributed by atoms with van der Waals surface area (Å²) >= 11 is 0. The van der Waals surface area contributed by atoms with Crippen molar-refractivity contribution in [3.05, 3.63) is 23.7 Å². The zero-order valence-corrected chi connectivity index (χ0v) is 11.3. The first kappa shape index (κ1) is 15.2. The average Bonchev–Trinajstić information content (AvgIpc) is 2.88. The number of carbonyl (C=O) groups excluding carboxylic acids is 1. The van der Waals surface area contributed by atoms with Gasteiger partial charge in [0.15, 0.2) is 5.76 Å². The Morgan fingerprint density at radius 1 is 1.26 bits per heavy atom. The van der Waals surface area contributed by atoms with Gasteiger partial charge >= 0.3 is 5.97 Å². The summed E-state index contributed by atoms with van der Waals surface area (Å²) in [5, 5.41) is 11.4. The van der Waals surface area contributed by atoms with E-state index in [-0.39, 0.29) is 17.4 Å². The van der Waals surface area contributed by atoms with E-state index in [4.69, 9.17) is 9.52 Å². The molecule has 0 saturated carbocycles. The molecule has 0 aromatic carbocycles. The Kier molecular flexibility index (Phi) is 6.08. The van der Waals surface area contributed by atoms with Gasteiger partial charge in [0.25, 0.3) is 5.91 Å². The van der Waals surface area contributed by atoms with Crippen molar-refractivity contribution in [1.82, 2.24) is 10.2 Å². The fraction of sp³-hybridized carbons (Fsp3) is 0.538. The smallest absolute Gasteiger partial charge is 0.371 e. The summed E-state index contributed by atoms with van der Waals surface area (Å²) in [5.41, 5.74) is 0. The van der Waals surface area contributed by atoms with Crippen LogP contribution in [0.25, 0.3) is 0 Å². The molecular weight excluding hydrogens is 248 g/mol. The van der Waals surface area contributed by atoms with Crippen LogP contribution in [0.2, 0.25) is 0 Å². The van der Waals surface area contributed by atoms with Gasteiger partial charge in [0.05, 0.1) is 0 Å². The lowest BCUT2D eigenvalue weighted by atomic mass is 10.3. The number of nitrogens with zero attached hydrogens (tertiary/aromatic N) is 1. The van der Waals surface area contributed by atoms with Gasteiger partial charge in [-0.2, -0.15) is 0 Å². The molecular formula is C13H20N2O4. The minimum absolute atomic E-state index is 0.0280. The summed E-state index contributed by atoms with van der Waals surface area (Å²) in [5.74, 6) is -1.76. The van der Waals surface area contributed by atoms with Crippen LogP contribution in [0.15, 0.2) is 16.5 Å². The second-order valence-corrected chi connectivity index (χ2v) is 4.11. The predicted molar refractivity (Wildman–Crippen MR) is 70.4 cm³/mol. The van der Waals surface area contributed by atoms with Gasteiger partial charge in [-0.05, 0) is 38.2 Å². The molecule has 1 rings (SSSR count). The number of amides is 1. The van der Waals surface area contributed by atoms with Crippen LogP contribution in [0.4, 0.5) is 0 Å². The Labute approximate surface area is 112 Å². The predicted octanol–water partition coefficient (Wildman–Crippen LogP) is 1.44. The van der Waals surface area contributed by atoms with Crippen LogP contribution in [-0.4, -0.2) is 48.1 Å². The summed E-state index contributed by atoms with van der Waals surface area (Å²) in [6.07, 6.45) is 0.847. The first-order chi connectivity index (χ1) is 9.08. The molecule has 1 aromatic rings. The van der Waals surface area contributed by atoms with Crippen LogP contribution in [0.3, 0.4) is 0 Å². The maximum atomic E-state index is 11.7. The summed E-state index contributed by atoms with van der Waals surface area (Å²) < 4.78 is 4.91. The standard InChI is InChI=1S/C13H20N2O4/c1-3-15(4-2)9-5-8-14-12(16)10-6-7-11(19-10)13(17)18/h6-7H,3-5,8-9H2,1-2H3,(H,14,16)(H,17,18). The zero-order valence-electron chi connectivity index (χ0n) is 11.3. The van der Waals surface area contributed by atoms with E-state index in [2.05, 4.69) is 24.1 Å². The molecule has 0 bridgehead atoms. The third-order valence-electron chi connectivity index (χ3n) is 2.87. The van der Waals surface area contributed by atoms with Crippen molar-refractivity contribution in [2.24, 2.45) is 0 Å². The molecule has 0 radical (unpaired) electrons. The first-order valence-corrected chi connectivity index (χ1v) is 6.42. The lowest BCUT2D eigenvalue weighted by Gasteiger charge is -2.17. The number of hydrogen-bond acceptors (Lipinski definition) is 4. The fourth-order valence-electron chi connectivity index (χ4n) is 1.71. The summed E-state index contributed by atoms with van der Waals surface area (Å²) in [6.45, 7) is 7.64. The molecule has 0 spiro atoms. The van der Waals surface area contributed by atoms with E-state index in [1.54, 1.807) is 0 Å². The molecule has 0 unspecified atom stereocenters. The highest BCUT2D eigenvalue weighted by atomic mass is 16.4. The van der Waals surface area contributed by atoms with Crippen LogP contribution in [0.5, 0.6) is 0 Å². The number of furan rings is 1. The highest BCUT2D eigenvalue weighted by Crippen LogP contribution is 2.07. The van der Waals surface area contributed by atoms with Gasteiger partial charge in [0.1, 0.15) is 0 Å². The van der Waals surface area contributed by atoms with Crippen molar-refractivity contribution in [1.29, 1.82) is 0 Å². The Hall–Kier alpha value is -1.82. The van der Waals surface area contributed by atoms with E-state index in [0.717, 1.165) is 26.1 Å². The second-order valence-electron chi connectivity index (χ2n) is 4.11. The van der Waals surface area contributed by atoms with Gasteiger partial charge in [-0.25, -0.2) is 4.79 Å². The molecule has 0 aliphatic carbocycles. The second kappa shape index (κ2) is 7.58. The molecule has 1 amide bonds. The number of rotatable bonds is 8. The fourth-order valence-corrected chi connectivity index (χ4v) is 1.71. The molecule has 0 atom stereocenters. The lowest BCUT2D eigenvalue weighted by Crippen LogP contribution is -2.29. The third-order valence-corrected chi connectivity index (χ3v) is 2.87. The zero-order chi connectivity index (χ0) is 14.3. The number of hydrogen-bond donors (Lipinski definition) is 2. The van der Waals surface area contributed by atoms with Crippen LogP contribution in [0, 0.1) is 0 Å². The molecule has 0 fully saturated rings. The number of aromatic carboxylic acids is 1. The maximum Gasteiger partial charge on any atom is 0.371 e. The van der Waals surface area contributed by atoms with Gasteiger partial charge in [-0.1, -0.05) is 13.8 Å². The van der Waals surface area contributed by atoms with Gasteiger partial charge in [-0.15, -0.1) is 0 Å². The molecule has 6 heteroatoms. The van der Waals surface area contributed by atoms with Gasteiger partial charge in [0.2, 0.25) is 5.76 Å².